The number of thioether (sulfide) groups is 1. The van der Waals surface area contributed by atoms with Crippen molar-refractivity contribution in [2.45, 2.75) is 24.8 Å². The average Bonchev–Trinajstić information content (AvgIpc) is 2.35. The molecule has 0 radical (unpaired) electrons. The molecule has 1 rings (SSSR count). The molecule has 108 valence electrons. The van der Waals surface area contributed by atoms with E-state index in [4.69, 9.17) is 0 Å². The number of hydrogen-bond acceptors (Lipinski definition) is 4. The van der Waals surface area contributed by atoms with Crippen LogP contribution in [-0.4, -0.2) is 33.2 Å². The third-order valence-electron chi connectivity index (χ3n) is 3.03. The molecule has 0 amide bonds. The van der Waals surface area contributed by atoms with Crippen LogP contribution in [0.3, 0.4) is 0 Å². The lowest BCUT2D eigenvalue weighted by Gasteiger charge is -2.17. The third kappa shape index (κ3) is 5.55. The van der Waals surface area contributed by atoms with E-state index in [1.807, 2.05) is 23.9 Å². The monoisotopic (exact) mass is 301 g/mol. The van der Waals surface area contributed by atoms with Crippen LogP contribution in [0.1, 0.15) is 25.5 Å². The Balaban J connectivity index is 2.61. The van der Waals surface area contributed by atoms with Gasteiger partial charge in [-0.25, -0.2) is 8.42 Å². The molecular weight excluding hydrogens is 278 g/mol. The zero-order valence-corrected chi connectivity index (χ0v) is 13.6. The van der Waals surface area contributed by atoms with Crippen molar-refractivity contribution in [3.63, 3.8) is 0 Å². The van der Waals surface area contributed by atoms with Crippen LogP contribution in [0.25, 0.3) is 0 Å². The summed E-state index contributed by atoms with van der Waals surface area (Å²) in [4.78, 5) is 0.374. The van der Waals surface area contributed by atoms with E-state index in [-0.39, 0.29) is 6.04 Å². The molecule has 0 saturated heterocycles. The van der Waals surface area contributed by atoms with Gasteiger partial charge in [0.1, 0.15) is 0 Å². The zero-order valence-electron chi connectivity index (χ0n) is 12.0. The molecule has 1 N–H and O–H groups in total. The van der Waals surface area contributed by atoms with Crippen molar-refractivity contribution in [2.24, 2.45) is 5.92 Å². The van der Waals surface area contributed by atoms with Gasteiger partial charge in [0.2, 0.25) is 0 Å². The first-order valence-electron chi connectivity index (χ1n) is 6.37. The van der Waals surface area contributed by atoms with Crippen LogP contribution in [0.4, 0.5) is 0 Å². The van der Waals surface area contributed by atoms with Gasteiger partial charge in [0.25, 0.3) is 0 Å². The van der Waals surface area contributed by atoms with Gasteiger partial charge in [0.05, 0.1) is 4.90 Å². The Morgan fingerprint density at radius 1 is 1.21 bits per heavy atom. The molecule has 2 unspecified atom stereocenters. The van der Waals surface area contributed by atoms with Crippen LogP contribution in [0.5, 0.6) is 0 Å². The van der Waals surface area contributed by atoms with Crippen molar-refractivity contribution in [1.29, 1.82) is 0 Å². The molecule has 0 spiro atoms. The van der Waals surface area contributed by atoms with Crippen LogP contribution in [-0.2, 0) is 9.84 Å². The Bertz CT molecular complexity index is 483. The van der Waals surface area contributed by atoms with E-state index in [1.54, 1.807) is 12.1 Å². The van der Waals surface area contributed by atoms with E-state index in [0.29, 0.717) is 10.8 Å². The normalized spacial score (nSPS) is 15.2. The first-order valence-corrected chi connectivity index (χ1v) is 9.65. The van der Waals surface area contributed by atoms with Crippen LogP contribution in [0.15, 0.2) is 29.2 Å². The smallest absolute Gasteiger partial charge is 0.175 e. The topological polar surface area (TPSA) is 46.2 Å². The number of sulfone groups is 1. The van der Waals surface area contributed by atoms with Gasteiger partial charge in [-0.3, -0.25) is 0 Å². The summed E-state index contributed by atoms with van der Waals surface area (Å²) in [7, 11) is -3.10. The van der Waals surface area contributed by atoms with Crippen molar-refractivity contribution in [1.82, 2.24) is 5.32 Å². The molecule has 0 aromatic heterocycles. The van der Waals surface area contributed by atoms with Gasteiger partial charge in [0, 0.05) is 12.3 Å². The Labute approximate surface area is 121 Å². The predicted octanol–water partition coefficient (Wildman–Crippen LogP) is 2.74. The van der Waals surface area contributed by atoms with Crippen LogP contribution < -0.4 is 5.32 Å². The van der Waals surface area contributed by atoms with Gasteiger partial charge in [-0.1, -0.05) is 19.1 Å². The first-order chi connectivity index (χ1) is 8.84. The van der Waals surface area contributed by atoms with Crippen molar-refractivity contribution in [3.8, 4) is 0 Å². The summed E-state index contributed by atoms with van der Waals surface area (Å²) in [5.41, 5.74) is 1.11. The van der Waals surface area contributed by atoms with E-state index < -0.39 is 9.84 Å². The molecule has 2 atom stereocenters. The summed E-state index contributed by atoms with van der Waals surface area (Å²) in [5, 5.41) is 3.48. The van der Waals surface area contributed by atoms with E-state index >= 15 is 0 Å². The molecule has 0 heterocycles. The highest BCUT2D eigenvalue weighted by Crippen LogP contribution is 2.16. The number of hydrogen-bond donors (Lipinski definition) is 1. The molecule has 0 aliphatic carbocycles. The summed E-state index contributed by atoms with van der Waals surface area (Å²) in [6.07, 6.45) is 3.34. The highest BCUT2D eigenvalue weighted by atomic mass is 32.2. The van der Waals surface area contributed by atoms with Gasteiger partial charge in [-0.05, 0) is 49.1 Å². The predicted molar refractivity (Wildman–Crippen MR) is 83.5 cm³/mol. The van der Waals surface area contributed by atoms with Gasteiger partial charge < -0.3 is 5.32 Å². The van der Waals surface area contributed by atoms with Crippen molar-refractivity contribution >= 4 is 21.6 Å². The second-order valence-electron chi connectivity index (χ2n) is 5.03. The van der Waals surface area contributed by atoms with Gasteiger partial charge in [-0.2, -0.15) is 11.8 Å². The summed E-state index contributed by atoms with van der Waals surface area (Å²) < 4.78 is 22.8. The summed E-state index contributed by atoms with van der Waals surface area (Å²) >= 11 is 1.86. The molecule has 0 fully saturated rings. The maximum Gasteiger partial charge on any atom is 0.175 e. The van der Waals surface area contributed by atoms with Crippen LogP contribution in [0.2, 0.25) is 0 Å². The van der Waals surface area contributed by atoms with Crippen molar-refractivity contribution < 1.29 is 8.42 Å². The Morgan fingerprint density at radius 3 is 2.26 bits per heavy atom. The molecular formula is C14H23NO2S2. The van der Waals surface area contributed by atoms with Gasteiger partial charge in [-0.15, -0.1) is 0 Å². The highest BCUT2D eigenvalue weighted by molar-refractivity contribution is 7.98. The minimum absolute atomic E-state index is 0.234. The third-order valence-corrected chi connectivity index (χ3v) is 5.06. The highest BCUT2D eigenvalue weighted by Gasteiger charge is 2.10. The van der Waals surface area contributed by atoms with Gasteiger partial charge in [0.15, 0.2) is 9.84 Å². The lowest BCUT2D eigenvalue weighted by atomic mass is 10.1. The fourth-order valence-corrected chi connectivity index (χ4v) is 3.16. The minimum atomic E-state index is -3.10. The molecule has 3 nitrogen and oxygen atoms in total. The Kier molecular flexibility index (Phi) is 6.36. The molecule has 0 bridgehead atoms. The number of rotatable bonds is 7. The fourth-order valence-electron chi connectivity index (χ4n) is 1.84. The maximum atomic E-state index is 11.4. The minimum Gasteiger partial charge on any atom is -0.310 e. The molecule has 1 aromatic carbocycles. The summed E-state index contributed by atoms with van der Waals surface area (Å²) in [6, 6.07) is 7.35. The summed E-state index contributed by atoms with van der Waals surface area (Å²) in [5.74, 6) is 1.78. The summed E-state index contributed by atoms with van der Waals surface area (Å²) in [6.45, 7) is 5.29. The molecule has 19 heavy (non-hydrogen) atoms. The SMILES string of the molecule is CSCC(C)CNC(C)c1ccc(S(C)(=O)=O)cc1. The lowest BCUT2D eigenvalue weighted by molar-refractivity contribution is 0.501. The zero-order chi connectivity index (χ0) is 14.5. The average molecular weight is 301 g/mol. The Morgan fingerprint density at radius 2 is 1.79 bits per heavy atom. The lowest BCUT2D eigenvalue weighted by Crippen LogP contribution is -2.25. The fraction of sp³-hybridized carbons (Fsp3) is 0.571. The quantitative estimate of drug-likeness (QED) is 0.841. The second-order valence-corrected chi connectivity index (χ2v) is 7.96. The molecule has 0 aliphatic heterocycles. The van der Waals surface area contributed by atoms with Crippen molar-refractivity contribution in [3.05, 3.63) is 29.8 Å². The van der Waals surface area contributed by atoms with Crippen molar-refractivity contribution in [2.75, 3.05) is 24.8 Å². The molecule has 5 heteroatoms. The largest absolute Gasteiger partial charge is 0.310 e. The van der Waals surface area contributed by atoms with Gasteiger partial charge >= 0.3 is 0 Å². The standard InChI is InChI=1S/C14H23NO2S2/c1-11(10-18-3)9-15-12(2)13-5-7-14(8-6-13)19(4,16)17/h5-8,11-12,15H,9-10H2,1-4H3. The van der Waals surface area contributed by atoms with E-state index in [1.165, 1.54) is 6.26 Å². The van der Waals surface area contributed by atoms with E-state index in [2.05, 4.69) is 25.4 Å². The molecule has 0 aliphatic rings. The van der Waals surface area contributed by atoms with E-state index in [0.717, 1.165) is 17.9 Å². The first kappa shape index (κ1) is 16.5. The molecule has 0 saturated carbocycles. The second kappa shape index (κ2) is 7.31. The number of nitrogens with one attached hydrogen (secondary N) is 1. The molecule has 1 aromatic rings. The van der Waals surface area contributed by atoms with E-state index in [9.17, 15) is 8.42 Å². The van der Waals surface area contributed by atoms with Crippen LogP contribution in [0, 0.1) is 5.92 Å². The van der Waals surface area contributed by atoms with Crippen LogP contribution >= 0.6 is 11.8 Å². The maximum absolute atomic E-state index is 11.4. The number of benzene rings is 1. The Hall–Kier alpha value is -0.520.